The monoisotopic (exact) mass is 270 g/mol. The second kappa shape index (κ2) is 5.09. The van der Waals surface area contributed by atoms with Gasteiger partial charge in [0.1, 0.15) is 5.52 Å². The number of nitrogens with zero attached hydrogens (tertiary/aromatic N) is 3. The summed E-state index contributed by atoms with van der Waals surface area (Å²) in [5.41, 5.74) is 8.89. The van der Waals surface area contributed by atoms with Gasteiger partial charge in [0, 0.05) is 12.0 Å². The highest BCUT2D eigenvalue weighted by Crippen LogP contribution is 2.28. The summed E-state index contributed by atoms with van der Waals surface area (Å²) in [5, 5.41) is 1.07. The van der Waals surface area contributed by atoms with Crippen LogP contribution >= 0.6 is 0 Å². The van der Waals surface area contributed by atoms with Crippen molar-refractivity contribution in [3.05, 3.63) is 30.5 Å². The summed E-state index contributed by atoms with van der Waals surface area (Å²) in [7, 11) is 0. The molecule has 3 rings (SSSR count). The zero-order chi connectivity index (χ0) is 14.1. The summed E-state index contributed by atoms with van der Waals surface area (Å²) in [4.78, 5) is 8.84. The van der Waals surface area contributed by atoms with Gasteiger partial charge in [-0.05, 0) is 19.9 Å². The van der Waals surface area contributed by atoms with Gasteiger partial charge in [-0.15, -0.1) is 0 Å². The number of nitrogens with two attached hydrogens (primary N) is 1. The number of nitrogen functional groups attached to an aromatic ring is 1. The van der Waals surface area contributed by atoms with E-state index < -0.39 is 0 Å². The Morgan fingerprint density at radius 2 is 2.10 bits per heavy atom. The van der Waals surface area contributed by atoms with Gasteiger partial charge in [-0.3, -0.25) is 4.98 Å². The average Bonchev–Trinajstić information content (AvgIpc) is 2.81. The Balaban J connectivity index is 2.24. The van der Waals surface area contributed by atoms with Crippen molar-refractivity contribution in [2.24, 2.45) is 0 Å². The van der Waals surface area contributed by atoms with Crippen molar-refractivity contribution in [2.45, 2.75) is 19.9 Å². The standard InChI is InChI=1S/C15H18N4O/c1-3-20-9-10(2)19-14-11-6-4-5-7-12(11)17-8-13(14)18-15(19)16/h4-8,10H,3,9H2,1-2H3,(H2,16,18). The number of hydrogen-bond acceptors (Lipinski definition) is 4. The Bertz CT molecular complexity index is 750. The molecule has 0 amide bonds. The topological polar surface area (TPSA) is 66.0 Å². The SMILES string of the molecule is CCOCC(C)n1c(N)nc2cnc3ccccc3c21. The number of rotatable bonds is 4. The molecule has 1 atom stereocenters. The number of ether oxygens (including phenoxy) is 1. The van der Waals surface area contributed by atoms with Crippen LogP contribution in [0.5, 0.6) is 0 Å². The maximum atomic E-state index is 6.09. The van der Waals surface area contributed by atoms with Gasteiger partial charge in [0.2, 0.25) is 5.95 Å². The van der Waals surface area contributed by atoms with Gasteiger partial charge in [-0.1, -0.05) is 18.2 Å². The summed E-state index contributed by atoms with van der Waals surface area (Å²) >= 11 is 0. The van der Waals surface area contributed by atoms with Crippen LogP contribution in [-0.2, 0) is 4.74 Å². The summed E-state index contributed by atoms with van der Waals surface area (Å²) in [6.45, 7) is 5.38. The molecule has 5 heteroatoms. The molecule has 1 aromatic carbocycles. The molecule has 2 heterocycles. The van der Waals surface area contributed by atoms with E-state index in [1.54, 1.807) is 6.20 Å². The molecule has 20 heavy (non-hydrogen) atoms. The van der Waals surface area contributed by atoms with E-state index in [1.807, 2.05) is 29.7 Å². The zero-order valence-corrected chi connectivity index (χ0v) is 11.7. The first-order chi connectivity index (χ1) is 9.72. The molecule has 5 nitrogen and oxygen atoms in total. The fourth-order valence-electron chi connectivity index (χ4n) is 2.55. The Labute approximate surface area is 117 Å². The highest BCUT2D eigenvalue weighted by molar-refractivity contribution is 6.03. The van der Waals surface area contributed by atoms with E-state index in [9.17, 15) is 0 Å². The van der Waals surface area contributed by atoms with Crippen molar-refractivity contribution >= 4 is 27.9 Å². The van der Waals surface area contributed by atoms with Crippen molar-refractivity contribution in [2.75, 3.05) is 18.9 Å². The van der Waals surface area contributed by atoms with Gasteiger partial charge in [-0.25, -0.2) is 4.98 Å². The van der Waals surface area contributed by atoms with Gasteiger partial charge in [0.25, 0.3) is 0 Å². The van der Waals surface area contributed by atoms with Crippen LogP contribution in [0.3, 0.4) is 0 Å². The largest absolute Gasteiger partial charge is 0.380 e. The number of hydrogen-bond donors (Lipinski definition) is 1. The zero-order valence-electron chi connectivity index (χ0n) is 11.7. The number of para-hydroxylation sites is 1. The number of benzene rings is 1. The second-order valence-corrected chi connectivity index (χ2v) is 4.86. The second-order valence-electron chi connectivity index (χ2n) is 4.86. The lowest BCUT2D eigenvalue weighted by Crippen LogP contribution is -2.14. The summed E-state index contributed by atoms with van der Waals surface area (Å²) < 4.78 is 7.55. The van der Waals surface area contributed by atoms with Crippen molar-refractivity contribution in [3.8, 4) is 0 Å². The third-order valence-corrected chi connectivity index (χ3v) is 3.45. The molecule has 0 saturated carbocycles. The Kier molecular flexibility index (Phi) is 3.28. The molecule has 1 unspecified atom stereocenters. The maximum Gasteiger partial charge on any atom is 0.201 e. The van der Waals surface area contributed by atoms with Gasteiger partial charge in [0.15, 0.2) is 0 Å². The van der Waals surface area contributed by atoms with Gasteiger partial charge in [0.05, 0.1) is 29.9 Å². The highest BCUT2D eigenvalue weighted by Gasteiger charge is 2.16. The minimum absolute atomic E-state index is 0.130. The van der Waals surface area contributed by atoms with Crippen LogP contribution in [-0.4, -0.2) is 27.7 Å². The number of fused-ring (bicyclic) bond motifs is 3. The maximum absolute atomic E-state index is 6.09. The van der Waals surface area contributed by atoms with Gasteiger partial charge in [-0.2, -0.15) is 0 Å². The molecule has 3 aromatic rings. The minimum Gasteiger partial charge on any atom is -0.380 e. The molecule has 0 spiro atoms. The van der Waals surface area contributed by atoms with Crippen molar-refractivity contribution < 1.29 is 4.74 Å². The van der Waals surface area contributed by atoms with Gasteiger partial charge < -0.3 is 15.0 Å². The first-order valence-corrected chi connectivity index (χ1v) is 6.81. The van der Waals surface area contributed by atoms with E-state index in [4.69, 9.17) is 10.5 Å². The molecular weight excluding hydrogens is 252 g/mol. The lowest BCUT2D eigenvalue weighted by atomic mass is 10.2. The Morgan fingerprint density at radius 1 is 1.30 bits per heavy atom. The normalized spacial score (nSPS) is 13.1. The number of imidazole rings is 1. The van der Waals surface area contributed by atoms with Gasteiger partial charge >= 0.3 is 0 Å². The van der Waals surface area contributed by atoms with Crippen LogP contribution in [0.4, 0.5) is 5.95 Å². The van der Waals surface area contributed by atoms with E-state index >= 15 is 0 Å². The molecule has 0 aliphatic heterocycles. The number of aromatic nitrogens is 3. The van der Waals surface area contributed by atoms with Crippen LogP contribution < -0.4 is 5.73 Å². The molecule has 0 aliphatic carbocycles. The Hall–Kier alpha value is -2.14. The molecule has 104 valence electrons. The van der Waals surface area contributed by atoms with Crippen molar-refractivity contribution in [1.82, 2.24) is 14.5 Å². The van der Waals surface area contributed by atoms with E-state index in [-0.39, 0.29) is 6.04 Å². The van der Waals surface area contributed by atoms with E-state index in [0.717, 1.165) is 21.9 Å². The molecule has 0 bridgehead atoms. The minimum atomic E-state index is 0.130. The molecule has 2 N–H and O–H groups in total. The van der Waals surface area contributed by atoms with Crippen molar-refractivity contribution in [3.63, 3.8) is 0 Å². The third kappa shape index (κ3) is 2.00. The fourth-order valence-corrected chi connectivity index (χ4v) is 2.55. The van der Waals surface area contributed by atoms with Crippen LogP contribution in [0.2, 0.25) is 0 Å². The third-order valence-electron chi connectivity index (χ3n) is 3.45. The van der Waals surface area contributed by atoms with Crippen LogP contribution in [0, 0.1) is 0 Å². The molecular formula is C15H18N4O. The quantitative estimate of drug-likeness (QED) is 0.791. The number of pyridine rings is 1. The summed E-state index contributed by atoms with van der Waals surface area (Å²) in [6, 6.07) is 8.16. The lowest BCUT2D eigenvalue weighted by Gasteiger charge is -2.16. The average molecular weight is 270 g/mol. The van der Waals surface area contributed by atoms with Crippen LogP contribution in [0.15, 0.2) is 30.5 Å². The highest BCUT2D eigenvalue weighted by atomic mass is 16.5. The van der Waals surface area contributed by atoms with E-state index in [1.165, 1.54) is 0 Å². The lowest BCUT2D eigenvalue weighted by molar-refractivity contribution is 0.120. The van der Waals surface area contributed by atoms with Crippen LogP contribution in [0.25, 0.3) is 21.9 Å². The predicted molar refractivity (Wildman–Crippen MR) is 80.7 cm³/mol. The first kappa shape index (κ1) is 12.9. The molecule has 0 aliphatic rings. The first-order valence-electron chi connectivity index (χ1n) is 6.81. The molecule has 0 saturated heterocycles. The summed E-state index contributed by atoms with van der Waals surface area (Å²) in [6.07, 6.45) is 1.78. The Morgan fingerprint density at radius 3 is 2.90 bits per heavy atom. The molecule has 2 aromatic heterocycles. The molecule has 0 radical (unpaired) electrons. The number of anilines is 1. The van der Waals surface area contributed by atoms with Crippen molar-refractivity contribution in [1.29, 1.82) is 0 Å². The predicted octanol–water partition coefficient (Wildman–Crippen LogP) is 2.76. The smallest absolute Gasteiger partial charge is 0.201 e. The van der Waals surface area contributed by atoms with Crippen LogP contribution in [0.1, 0.15) is 19.9 Å². The van der Waals surface area contributed by atoms with E-state index in [0.29, 0.717) is 19.2 Å². The summed E-state index contributed by atoms with van der Waals surface area (Å²) in [5.74, 6) is 0.505. The molecule has 0 fully saturated rings. The van der Waals surface area contributed by atoms with E-state index in [2.05, 4.69) is 23.0 Å². The fraction of sp³-hybridized carbons (Fsp3) is 0.333.